The van der Waals surface area contributed by atoms with E-state index in [0.29, 0.717) is 18.8 Å². The van der Waals surface area contributed by atoms with Crippen LogP contribution >= 0.6 is 0 Å². The topological polar surface area (TPSA) is 95.2 Å². The molecule has 1 fully saturated rings. The Kier molecular flexibility index (Phi) is 3.91. The Morgan fingerprint density at radius 3 is 2.63 bits per heavy atom. The highest BCUT2D eigenvalue weighted by Crippen LogP contribution is 2.13. The molecule has 1 aromatic rings. The van der Waals surface area contributed by atoms with Gasteiger partial charge in [0, 0.05) is 13.1 Å². The highest BCUT2D eigenvalue weighted by molar-refractivity contribution is 7.89. The molecule has 1 aliphatic rings. The quantitative estimate of drug-likeness (QED) is 0.815. The van der Waals surface area contributed by atoms with Crippen molar-refractivity contribution in [2.45, 2.75) is 37.6 Å². The number of carbonyl (C=O) groups excluding carboxylic acids is 1. The Labute approximate surface area is 112 Å². The zero-order valence-electron chi connectivity index (χ0n) is 11.0. The Morgan fingerprint density at radius 1 is 1.47 bits per heavy atom. The van der Waals surface area contributed by atoms with Crippen molar-refractivity contribution in [3.05, 3.63) is 11.9 Å². The van der Waals surface area contributed by atoms with Gasteiger partial charge in [-0.25, -0.2) is 8.42 Å². The summed E-state index contributed by atoms with van der Waals surface area (Å²) in [5.41, 5.74) is 0.452. The lowest BCUT2D eigenvalue weighted by Gasteiger charge is -2.20. The van der Waals surface area contributed by atoms with Crippen LogP contribution in [0.2, 0.25) is 0 Å². The van der Waals surface area contributed by atoms with E-state index < -0.39 is 16.1 Å². The number of H-pyrrole nitrogens is 1. The van der Waals surface area contributed by atoms with E-state index >= 15 is 0 Å². The number of hydrogen-bond donors (Lipinski definition) is 2. The van der Waals surface area contributed by atoms with Crippen molar-refractivity contribution in [3.8, 4) is 0 Å². The number of amides is 1. The average Bonchev–Trinajstić information content (AvgIpc) is 2.97. The minimum atomic E-state index is -3.71. The molecular weight excluding hydrogens is 268 g/mol. The maximum absolute atomic E-state index is 12.1. The minimum absolute atomic E-state index is 0.0774. The molecule has 0 aromatic carbocycles. The van der Waals surface area contributed by atoms with Gasteiger partial charge in [-0.2, -0.15) is 9.82 Å². The summed E-state index contributed by atoms with van der Waals surface area (Å²) in [4.78, 5) is 13.8. The van der Waals surface area contributed by atoms with E-state index in [1.165, 1.54) is 6.20 Å². The molecule has 0 saturated carbocycles. The van der Waals surface area contributed by atoms with Gasteiger partial charge in [-0.3, -0.25) is 9.89 Å². The van der Waals surface area contributed by atoms with Crippen molar-refractivity contribution in [2.75, 3.05) is 13.1 Å². The molecule has 8 heteroatoms. The third-order valence-corrected chi connectivity index (χ3v) is 4.85. The molecule has 1 atom stereocenters. The van der Waals surface area contributed by atoms with Crippen LogP contribution < -0.4 is 4.72 Å². The number of nitrogens with one attached hydrogen (secondary N) is 2. The molecule has 2 N–H and O–H groups in total. The molecule has 2 heterocycles. The normalized spacial score (nSPS) is 17.7. The van der Waals surface area contributed by atoms with Gasteiger partial charge in [-0.15, -0.1) is 0 Å². The maximum Gasteiger partial charge on any atom is 0.244 e. The molecular formula is C11H18N4O3S. The van der Waals surface area contributed by atoms with Crippen molar-refractivity contribution < 1.29 is 13.2 Å². The summed E-state index contributed by atoms with van der Waals surface area (Å²) in [7, 11) is -3.71. The van der Waals surface area contributed by atoms with Crippen LogP contribution in [0.3, 0.4) is 0 Å². The second-order valence-electron chi connectivity index (χ2n) is 4.73. The Hall–Kier alpha value is -1.41. The summed E-state index contributed by atoms with van der Waals surface area (Å²) in [5.74, 6) is -0.178. The first-order valence-electron chi connectivity index (χ1n) is 6.23. The smallest absolute Gasteiger partial charge is 0.244 e. The number of sulfonamides is 1. The van der Waals surface area contributed by atoms with E-state index in [4.69, 9.17) is 0 Å². The van der Waals surface area contributed by atoms with Crippen LogP contribution in [-0.4, -0.2) is 48.6 Å². The highest BCUT2D eigenvalue weighted by atomic mass is 32.2. The van der Waals surface area contributed by atoms with Crippen molar-refractivity contribution in [2.24, 2.45) is 0 Å². The Morgan fingerprint density at radius 2 is 2.11 bits per heavy atom. The third-order valence-electron chi connectivity index (χ3n) is 3.19. The molecule has 19 heavy (non-hydrogen) atoms. The molecule has 1 unspecified atom stereocenters. The standard InChI is InChI=1S/C11H18N4O3S/c1-8-10(7-12-13-8)19(17,18)14-9(2)11(16)15-5-3-4-6-15/h7,9,14H,3-6H2,1-2H3,(H,12,13). The fraction of sp³-hybridized carbons (Fsp3) is 0.636. The van der Waals surface area contributed by atoms with Crippen molar-refractivity contribution in [1.82, 2.24) is 19.8 Å². The lowest BCUT2D eigenvalue weighted by atomic mass is 10.3. The zero-order valence-corrected chi connectivity index (χ0v) is 11.8. The number of aromatic nitrogens is 2. The van der Waals surface area contributed by atoms with Gasteiger partial charge in [0.15, 0.2) is 0 Å². The predicted octanol–water partition coefficient (Wildman–Crippen LogP) is 0.00732. The van der Waals surface area contributed by atoms with Gasteiger partial charge in [-0.05, 0) is 26.7 Å². The average molecular weight is 286 g/mol. The first-order valence-corrected chi connectivity index (χ1v) is 7.71. The fourth-order valence-corrected chi connectivity index (χ4v) is 3.50. The first-order chi connectivity index (χ1) is 8.92. The molecule has 1 amide bonds. The number of carbonyl (C=O) groups is 1. The monoisotopic (exact) mass is 286 g/mol. The fourth-order valence-electron chi connectivity index (χ4n) is 2.17. The molecule has 0 radical (unpaired) electrons. The van der Waals surface area contributed by atoms with Crippen molar-refractivity contribution in [1.29, 1.82) is 0 Å². The van der Waals surface area contributed by atoms with E-state index in [2.05, 4.69) is 14.9 Å². The van der Waals surface area contributed by atoms with Gasteiger partial charge in [0.1, 0.15) is 4.90 Å². The summed E-state index contributed by atoms with van der Waals surface area (Å²) in [6.45, 7) is 4.59. The van der Waals surface area contributed by atoms with Gasteiger partial charge in [-0.1, -0.05) is 0 Å². The van der Waals surface area contributed by atoms with Crippen LogP contribution in [0.5, 0.6) is 0 Å². The lowest BCUT2D eigenvalue weighted by Crippen LogP contribution is -2.45. The van der Waals surface area contributed by atoms with Crippen LogP contribution in [0.4, 0.5) is 0 Å². The number of likely N-dealkylation sites (tertiary alicyclic amines) is 1. The number of rotatable bonds is 4. The second-order valence-corrected chi connectivity index (χ2v) is 6.42. The lowest BCUT2D eigenvalue weighted by molar-refractivity contribution is -0.131. The van der Waals surface area contributed by atoms with E-state index in [0.717, 1.165) is 12.8 Å². The van der Waals surface area contributed by atoms with Crippen molar-refractivity contribution >= 4 is 15.9 Å². The minimum Gasteiger partial charge on any atom is -0.341 e. The summed E-state index contributed by atoms with van der Waals surface area (Å²) in [5, 5.41) is 6.25. The summed E-state index contributed by atoms with van der Waals surface area (Å²) >= 11 is 0. The van der Waals surface area contributed by atoms with Crippen LogP contribution in [-0.2, 0) is 14.8 Å². The molecule has 2 rings (SSSR count). The number of nitrogens with zero attached hydrogens (tertiary/aromatic N) is 2. The highest BCUT2D eigenvalue weighted by Gasteiger charge is 2.28. The van der Waals surface area contributed by atoms with Gasteiger partial charge in [0.2, 0.25) is 15.9 Å². The predicted molar refractivity (Wildman–Crippen MR) is 68.9 cm³/mol. The summed E-state index contributed by atoms with van der Waals surface area (Å²) in [6.07, 6.45) is 3.20. The number of aryl methyl sites for hydroxylation is 1. The molecule has 0 bridgehead atoms. The van der Waals surface area contributed by atoms with E-state index in [9.17, 15) is 13.2 Å². The summed E-state index contributed by atoms with van der Waals surface area (Å²) < 4.78 is 26.6. The Bertz CT molecular complexity index is 560. The molecule has 0 aliphatic carbocycles. The van der Waals surface area contributed by atoms with Gasteiger partial charge in [0.05, 0.1) is 17.9 Å². The second kappa shape index (κ2) is 5.30. The Balaban J connectivity index is 2.08. The maximum atomic E-state index is 12.1. The number of aromatic amines is 1. The van der Waals surface area contributed by atoms with Gasteiger partial charge >= 0.3 is 0 Å². The van der Waals surface area contributed by atoms with E-state index in [1.807, 2.05) is 0 Å². The third kappa shape index (κ3) is 2.95. The van der Waals surface area contributed by atoms with Gasteiger partial charge < -0.3 is 4.90 Å². The van der Waals surface area contributed by atoms with Crippen LogP contribution in [0.1, 0.15) is 25.5 Å². The molecule has 0 spiro atoms. The van der Waals surface area contributed by atoms with Crippen molar-refractivity contribution in [3.63, 3.8) is 0 Å². The molecule has 1 aliphatic heterocycles. The van der Waals surface area contributed by atoms with Crippen LogP contribution in [0.15, 0.2) is 11.1 Å². The SMILES string of the molecule is Cc1[nH]ncc1S(=O)(=O)NC(C)C(=O)N1CCCC1. The zero-order chi connectivity index (χ0) is 14.0. The largest absolute Gasteiger partial charge is 0.341 e. The van der Waals surface area contributed by atoms with Gasteiger partial charge in [0.25, 0.3) is 0 Å². The molecule has 1 aromatic heterocycles. The molecule has 1 saturated heterocycles. The van der Waals surface area contributed by atoms with E-state index in [1.54, 1.807) is 18.7 Å². The number of hydrogen-bond acceptors (Lipinski definition) is 4. The van der Waals surface area contributed by atoms with E-state index in [-0.39, 0.29) is 10.8 Å². The summed E-state index contributed by atoms with van der Waals surface area (Å²) in [6, 6.07) is -0.766. The van der Waals surface area contributed by atoms with Crippen LogP contribution in [0, 0.1) is 6.92 Å². The molecule has 106 valence electrons. The van der Waals surface area contributed by atoms with Crippen LogP contribution in [0.25, 0.3) is 0 Å². The molecule has 7 nitrogen and oxygen atoms in total. The first kappa shape index (κ1) is 14.0.